The lowest BCUT2D eigenvalue weighted by atomic mass is 10.2. The number of nitrogens with two attached hydrogens (primary N) is 1. The number of amides is 2. The van der Waals surface area contributed by atoms with E-state index >= 15 is 0 Å². The molecule has 1 heterocycles. The van der Waals surface area contributed by atoms with Crippen LogP contribution in [0.25, 0.3) is 0 Å². The first kappa shape index (κ1) is 8.99. The molecule has 0 bridgehead atoms. The number of likely N-dealkylation sites (N-methyl/N-ethyl adjacent to an activating group) is 1. The Kier molecular flexibility index (Phi) is 2.65. The number of hydrogen-bond donors (Lipinski definition) is 2. The molecule has 0 aromatic rings. The smallest absolute Gasteiger partial charge is 0.242 e. The summed E-state index contributed by atoms with van der Waals surface area (Å²) in [5.74, 6) is -0.143. The summed E-state index contributed by atoms with van der Waals surface area (Å²) in [4.78, 5) is 23.1. The molecule has 0 radical (unpaired) electrons. The summed E-state index contributed by atoms with van der Waals surface area (Å²) in [6.45, 7) is 0.474. The molecule has 0 spiro atoms. The number of rotatable bonds is 2. The molecule has 1 aliphatic heterocycles. The summed E-state index contributed by atoms with van der Waals surface area (Å²) in [5, 5.41) is 2.50. The van der Waals surface area contributed by atoms with Gasteiger partial charge in [0.2, 0.25) is 12.3 Å². The van der Waals surface area contributed by atoms with Gasteiger partial charge in [0.15, 0.2) is 0 Å². The average molecular weight is 171 g/mol. The van der Waals surface area contributed by atoms with E-state index in [1.165, 1.54) is 4.90 Å². The van der Waals surface area contributed by atoms with Gasteiger partial charge in [-0.2, -0.15) is 0 Å². The van der Waals surface area contributed by atoms with Gasteiger partial charge in [-0.1, -0.05) is 0 Å². The molecule has 68 valence electrons. The van der Waals surface area contributed by atoms with Crippen LogP contribution < -0.4 is 11.1 Å². The van der Waals surface area contributed by atoms with Crippen molar-refractivity contribution in [3.63, 3.8) is 0 Å². The van der Waals surface area contributed by atoms with E-state index in [-0.39, 0.29) is 18.0 Å². The molecule has 12 heavy (non-hydrogen) atoms. The Balaban J connectivity index is 2.63. The Hall–Kier alpha value is -1.10. The molecule has 1 rings (SSSR count). The van der Waals surface area contributed by atoms with E-state index in [0.29, 0.717) is 19.4 Å². The molecule has 0 aliphatic carbocycles. The van der Waals surface area contributed by atoms with Crippen molar-refractivity contribution in [1.29, 1.82) is 0 Å². The Morgan fingerprint density at radius 2 is 2.42 bits per heavy atom. The van der Waals surface area contributed by atoms with E-state index in [1.54, 1.807) is 7.05 Å². The summed E-state index contributed by atoms with van der Waals surface area (Å²) >= 11 is 0. The van der Waals surface area contributed by atoms with Crippen LogP contribution in [0.5, 0.6) is 0 Å². The first-order valence-electron chi connectivity index (χ1n) is 3.87. The van der Waals surface area contributed by atoms with Crippen molar-refractivity contribution >= 4 is 12.3 Å². The van der Waals surface area contributed by atoms with Crippen molar-refractivity contribution < 1.29 is 9.59 Å². The normalized spacial score (nSPS) is 28.7. The van der Waals surface area contributed by atoms with Crippen LogP contribution in [-0.4, -0.2) is 42.9 Å². The van der Waals surface area contributed by atoms with Crippen molar-refractivity contribution in [2.24, 2.45) is 5.73 Å². The molecular weight excluding hydrogens is 158 g/mol. The molecule has 0 aromatic carbocycles. The lowest BCUT2D eigenvalue weighted by molar-refractivity contribution is -0.130. The Morgan fingerprint density at radius 1 is 1.75 bits per heavy atom. The maximum atomic E-state index is 11.2. The van der Waals surface area contributed by atoms with Gasteiger partial charge in [-0.05, 0) is 6.42 Å². The fourth-order valence-electron chi connectivity index (χ4n) is 1.44. The zero-order valence-corrected chi connectivity index (χ0v) is 6.99. The van der Waals surface area contributed by atoms with Crippen molar-refractivity contribution in [1.82, 2.24) is 10.2 Å². The Labute approximate surface area is 70.9 Å². The maximum Gasteiger partial charge on any atom is 0.242 e. The van der Waals surface area contributed by atoms with E-state index in [0.717, 1.165) is 0 Å². The highest BCUT2D eigenvalue weighted by atomic mass is 16.2. The molecule has 1 saturated heterocycles. The number of carbonyl (C=O) groups excluding carboxylic acids is 2. The Bertz CT molecular complexity index is 195. The van der Waals surface area contributed by atoms with Gasteiger partial charge >= 0.3 is 0 Å². The van der Waals surface area contributed by atoms with Crippen molar-refractivity contribution in [3.05, 3.63) is 0 Å². The van der Waals surface area contributed by atoms with Gasteiger partial charge in [0.25, 0.3) is 0 Å². The molecule has 1 fully saturated rings. The summed E-state index contributed by atoms with van der Waals surface area (Å²) in [6, 6.07) is -0.444. The number of carbonyl (C=O) groups is 2. The van der Waals surface area contributed by atoms with E-state index < -0.39 is 0 Å². The zero-order chi connectivity index (χ0) is 9.14. The van der Waals surface area contributed by atoms with Crippen molar-refractivity contribution in [2.45, 2.75) is 18.5 Å². The number of nitrogens with zero attached hydrogens (tertiary/aromatic N) is 1. The third-order valence-corrected chi connectivity index (χ3v) is 2.06. The summed E-state index contributed by atoms with van der Waals surface area (Å²) in [7, 11) is 1.55. The molecule has 5 nitrogen and oxygen atoms in total. The first-order valence-corrected chi connectivity index (χ1v) is 3.87. The first-order chi connectivity index (χ1) is 5.69. The van der Waals surface area contributed by atoms with Gasteiger partial charge in [0.05, 0.1) is 0 Å². The molecule has 0 saturated carbocycles. The van der Waals surface area contributed by atoms with Gasteiger partial charge in [-0.3, -0.25) is 9.59 Å². The summed E-state index contributed by atoms with van der Waals surface area (Å²) in [5.41, 5.74) is 5.60. The molecule has 1 aliphatic rings. The quantitative estimate of drug-likeness (QED) is 0.486. The van der Waals surface area contributed by atoms with Crippen molar-refractivity contribution in [3.8, 4) is 0 Å². The number of hydrogen-bond acceptors (Lipinski definition) is 3. The molecule has 2 atom stereocenters. The summed E-state index contributed by atoms with van der Waals surface area (Å²) < 4.78 is 0. The van der Waals surface area contributed by atoms with E-state index in [2.05, 4.69) is 5.32 Å². The van der Waals surface area contributed by atoms with Crippen LogP contribution >= 0.6 is 0 Å². The van der Waals surface area contributed by atoms with Gasteiger partial charge < -0.3 is 16.0 Å². The standard InChI is InChI=1S/C7H13N3O2/c1-9-7(12)6-2-5(8)3-10(6)4-11/h4-6H,2-3,8H2,1H3,(H,9,12)/t5-,6-/m0/s1. The van der Waals surface area contributed by atoms with Crippen LogP contribution in [0.3, 0.4) is 0 Å². The van der Waals surface area contributed by atoms with Crippen molar-refractivity contribution in [2.75, 3.05) is 13.6 Å². The molecule has 0 unspecified atom stereocenters. The maximum absolute atomic E-state index is 11.2. The second-order valence-corrected chi connectivity index (χ2v) is 2.93. The third-order valence-electron chi connectivity index (χ3n) is 2.06. The fourth-order valence-corrected chi connectivity index (χ4v) is 1.44. The highest BCUT2D eigenvalue weighted by molar-refractivity contribution is 5.83. The fraction of sp³-hybridized carbons (Fsp3) is 0.714. The molecule has 3 N–H and O–H groups in total. The molecule has 2 amide bonds. The van der Waals surface area contributed by atoms with Crippen LogP contribution in [0, 0.1) is 0 Å². The van der Waals surface area contributed by atoms with Crippen LogP contribution in [-0.2, 0) is 9.59 Å². The SMILES string of the molecule is CNC(=O)[C@@H]1C[C@H](N)CN1C=O. The van der Waals surface area contributed by atoms with Gasteiger partial charge in [0, 0.05) is 19.6 Å². The zero-order valence-electron chi connectivity index (χ0n) is 6.99. The Morgan fingerprint density at radius 3 is 2.92 bits per heavy atom. The highest BCUT2D eigenvalue weighted by Gasteiger charge is 2.33. The predicted molar refractivity (Wildman–Crippen MR) is 43.2 cm³/mol. The second kappa shape index (κ2) is 3.53. The summed E-state index contributed by atoms with van der Waals surface area (Å²) in [6.07, 6.45) is 1.23. The second-order valence-electron chi connectivity index (χ2n) is 2.93. The molecular formula is C7H13N3O2. The van der Waals surface area contributed by atoms with Crippen LogP contribution in [0.4, 0.5) is 0 Å². The topological polar surface area (TPSA) is 75.4 Å². The number of nitrogens with one attached hydrogen (secondary N) is 1. The van der Waals surface area contributed by atoms with Crippen LogP contribution in [0.1, 0.15) is 6.42 Å². The minimum absolute atomic E-state index is 0.0718. The largest absolute Gasteiger partial charge is 0.357 e. The average Bonchev–Trinajstić information content (AvgIpc) is 2.45. The monoisotopic (exact) mass is 171 g/mol. The lowest BCUT2D eigenvalue weighted by Gasteiger charge is -2.17. The van der Waals surface area contributed by atoms with Gasteiger partial charge in [-0.25, -0.2) is 0 Å². The molecule has 0 aromatic heterocycles. The van der Waals surface area contributed by atoms with E-state index in [4.69, 9.17) is 5.73 Å². The van der Waals surface area contributed by atoms with Crippen LogP contribution in [0.2, 0.25) is 0 Å². The van der Waals surface area contributed by atoms with Crippen LogP contribution in [0.15, 0.2) is 0 Å². The predicted octanol–water partition coefficient (Wildman–Crippen LogP) is -1.71. The van der Waals surface area contributed by atoms with E-state index in [9.17, 15) is 9.59 Å². The van der Waals surface area contributed by atoms with Gasteiger partial charge in [-0.15, -0.1) is 0 Å². The number of likely N-dealkylation sites (tertiary alicyclic amines) is 1. The van der Waals surface area contributed by atoms with Gasteiger partial charge in [0.1, 0.15) is 6.04 Å². The minimum atomic E-state index is -0.373. The molecule has 5 heteroatoms. The minimum Gasteiger partial charge on any atom is -0.357 e. The van der Waals surface area contributed by atoms with E-state index in [1.807, 2.05) is 0 Å². The lowest BCUT2D eigenvalue weighted by Crippen LogP contribution is -2.41. The third kappa shape index (κ3) is 1.55. The highest BCUT2D eigenvalue weighted by Crippen LogP contribution is 2.13.